The quantitative estimate of drug-likeness (QED) is 0.723. The third-order valence-corrected chi connectivity index (χ3v) is 4.57. The number of nitriles is 1. The molecule has 129 valence electrons. The maximum absolute atomic E-state index is 13.9. The number of halogens is 4. The SMILES string of the molecule is N#Cc1ccc(N2CCC(c3cc[c]cc3F)CC2)cc1C(F)(F)F. The molecule has 0 unspecified atom stereocenters. The highest BCUT2D eigenvalue weighted by Crippen LogP contribution is 2.36. The summed E-state index contributed by atoms with van der Waals surface area (Å²) >= 11 is 0. The van der Waals surface area contributed by atoms with E-state index >= 15 is 0 Å². The van der Waals surface area contributed by atoms with Crippen molar-refractivity contribution in [2.45, 2.75) is 24.9 Å². The maximum Gasteiger partial charge on any atom is 0.417 e. The first-order valence-corrected chi connectivity index (χ1v) is 7.92. The molecule has 25 heavy (non-hydrogen) atoms. The minimum absolute atomic E-state index is 0.0475. The molecule has 1 aliphatic rings. The van der Waals surface area contributed by atoms with Crippen LogP contribution in [0.1, 0.15) is 35.4 Å². The second-order valence-corrected chi connectivity index (χ2v) is 6.05. The summed E-state index contributed by atoms with van der Waals surface area (Å²) in [5.74, 6) is -0.245. The van der Waals surface area contributed by atoms with E-state index in [9.17, 15) is 17.6 Å². The van der Waals surface area contributed by atoms with Gasteiger partial charge in [0, 0.05) is 18.8 Å². The van der Waals surface area contributed by atoms with Gasteiger partial charge in [-0.2, -0.15) is 18.4 Å². The second kappa shape index (κ2) is 6.75. The van der Waals surface area contributed by atoms with E-state index in [1.807, 2.05) is 4.90 Å². The predicted octanol–water partition coefficient (Wildman–Crippen LogP) is 4.90. The van der Waals surface area contributed by atoms with Crippen molar-refractivity contribution in [3.8, 4) is 6.07 Å². The minimum Gasteiger partial charge on any atom is -0.371 e. The van der Waals surface area contributed by atoms with Crippen LogP contribution in [0, 0.1) is 23.2 Å². The Kier molecular flexibility index (Phi) is 4.67. The van der Waals surface area contributed by atoms with E-state index in [0.29, 0.717) is 37.2 Å². The molecule has 0 N–H and O–H groups in total. The van der Waals surface area contributed by atoms with E-state index in [-0.39, 0.29) is 17.3 Å². The molecule has 2 aromatic carbocycles. The fourth-order valence-electron chi connectivity index (χ4n) is 3.26. The Hall–Kier alpha value is -2.55. The van der Waals surface area contributed by atoms with Gasteiger partial charge in [-0.15, -0.1) is 0 Å². The number of hydrogen-bond donors (Lipinski definition) is 0. The van der Waals surface area contributed by atoms with Crippen LogP contribution in [0.25, 0.3) is 0 Å². The van der Waals surface area contributed by atoms with Crippen molar-refractivity contribution in [2.24, 2.45) is 0 Å². The summed E-state index contributed by atoms with van der Waals surface area (Å²) in [5.41, 5.74) is -0.228. The predicted molar refractivity (Wildman–Crippen MR) is 85.6 cm³/mol. The van der Waals surface area contributed by atoms with Gasteiger partial charge < -0.3 is 4.90 Å². The molecule has 0 aliphatic carbocycles. The minimum atomic E-state index is -4.57. The standard InChI is InChI=1S/C19H15F4N2/c20-18-4-2-1-3-16(18)13-7-9-25(10-8-13)15-6-5-14(12-24)17(11-15)19(21,22)23/h1,3-6,11,13H,7-10H2. The van der Waals surface area contributed by atoms with Crippen molar-refractivity contribution in [3.05, 3.63) is 65.0 Å². The Balaban J connectivity index is 1.78. The van der Waals surface area contributed by atoms with Gasteiger partial charge in [0.2, 0.25) is 0 Å². The zero-order chi connectivity index (χ0) is 18.0. The van der Waals surface area contributed by atoms with E-state index in [1.54, 1.807) is 18.2 Å². The van der Waals surface area contributed by atoms with E-state index < -0.39 is 11.7 Å². The number of piperidine rings is 1. The molecule has 6 heteroatoms. The molecule has 0 atom stereocenters. The van der Waals surface area contributed by atoms with E-state index in [2.05, 4.69) is 6.07 Å². The van der Waals surface area contributed by atoms with Gasteiger partial charge in [0.25, 0.3) is 0 Å². The van der Waals surface area contributed by atoms with Gasteiger partial charge in [0.1, 0.15) is 5.82 Å². The molecule has 2 aromatic rings. The average molecular weight is 347 g/mol. The van der Waals surface area contributed by atoms with Crippen LogP contribution in [0.4, 0.5) is 23.2 Å². The summed E-state index contributed by atoms with van der Waals surface area (Å²) in [4.78, 5) is 1.85. The van der Waals surface area contributed by atoms with Crippen molar-refractivity contribution in [3.63, 3.8) is 0 Å². The largest absolute Gasteiger partial charge is 0.417 e. The Morgan fingerprint density at radius 1 is 1.16 bits per heavy atom. The van der Waals surface area contributed by atoms with E-state index in [0.717, 1.165) is 6.07 Å². The van der Waals surface area contributed by atoms with E-state index in [4.69, 9.17) is 5.26 Å². The number of rotatable bonds is 2. The summed E-state index contributed by atoms with van der Waals surface area (Å²) in [6.07, 6.45) is -3.26. The molecule has 1 fully saturated rings. The van der Waals surface area contributed by atoms with Crippen LogP contribution in [-0.2, 0) is 6.18 Å². The number of anilines is 1. The van der Waals surface area contributed by atoms with E-state index in [1.165, 1.54) is 18.2 Å². The molecular weight excluding hydrogens is 332 g/mol. The summed E-state index contributed by atoms with van der Waals surface area (Å²) in [5, 5.41) is 8.87. The summed E-state index contributed by atoms with van der Waals surface area (Å²) < 4.78 is 53.1. The van der Waals surface area contributed by atoms with Crippen molar-refractivity contribution < 1.29 is 17.6 Å². The third kappa shape index (κ3) is 3.60. The number of nitrogens with zero attached hydrogens (tertiary/aromatic N) is 2. The van der Waals surface area contributed by atoms with Crippen molar-refractivity contribution >= 4 is 5.69 Å². The molecule has 0 spiro atoms. The van der Waals surface area contributed by atoms with Crippen LogP contribution in [-0.4, -0.2) is 13.1 Å². The first-order valence-electron chi connectivity index (χ1n) is 7.92. The van der Waals surface area contributed by atoms with Crippen LogP contribution < -0.4 is 4.90 Å². The Morgan fingerprint density at radius 2 is 1.88 bits per heavy atom. The lowest BCUT2D eigenvalue weighted by molar-refractivity contribution is -0.137. The molecule has 0 saturated carbocycles. The normalized spacial score (nSPS) is 15.9. The summed E-state index contributed by atoms with van der Waals surface area (Å²) in [7, 11) is 0. The first kappa shape index (κ1) is 17.3. The summed E-state index contributed by atoms with van der Waals surface area (Å²) in [6, 6.07) is 12.7. The molecule has 1 saturated heterocycles. The molecule has 1 heterocycles. The lowest BCUT2D eigenvalue weighted by atomic mass is 9.89. The van der Waals surface area contributed by atoms with Gasteiger partial charge in [-0.1, -0.05) is 12.1 Å². The molecule has 1 aliphatic heterocycles. The van der Waals surface area contributed by atoms with Gasteiger partial charge in [0.05, 0.1) is 17.2 Å². The lowest BCUT2D eigenvalue weighted by Gasteiger charge is -2.34. The third-order valence-electron chi connectivity index (χ3n) is 4.57. The molecule has 0 bridgehead atoms. The number of benzene rings is 2. The smallest absolute Gasteiger partial charge is 0.371 e. The first-order chi connectivity index (χ1) is 11.9. The van der Waals surface area contributed by atoms with Crippen LogP contribution in [0.2, 0.25) is 0 Å². The van der Waals surface area contributed by atoms with Gasteiger partial charge in [-0.05, 0) is 54.7 Å². The average Bonchev–Trinajstić information content (AvgIpc) is 2.61. The Labute approximate surface area is 143 Å². The molecule has 0 aromatic heterocycles. The van der Waals surface area contributed by atoms with Gasteiger partial charge >= 0.3 is 6.18 Å². The fourth-order valence-corrected chi connectivity index (χ4v) is 3.26. The van der Waals surface area contributed by atoms with Crippen molar-refractivity contribution in [2.75, 3.05) is 18.0 Å². The fraction of sp³-hybridized carbons (Fsp3) is 0.316. The highest BCUT2D eigenvalue weighted by Gasteiger charge is 2.34. The van der Waals surface area contributed by atoms with Crippen LogP contribution in [0.3, 0.4) is 0 Å². The molecule has 0 amide bonds. The second-order valence-electron chi connectivity index (χ2n) is 6.05. The zero-order valence-corrected chi connectivity index (χ0v) is 13.3. The number of alkyl halides is 3. The molecular formula is C19H15F4N2. The van der Waals surface area contributed by atoms with Crippen LogP contribution in [0.15, 0.2) is 36.4 Å². The Morgan fingerprint density at radius 3 is 2.48 bits per heavy atom. The van der Waals surface area contributed by atoms with Crippen LogP contribution >= 0.6 is 0 Å². The molecule has 2 nitrogen and oxygen atoms in total. The molecule has 1 radical (unpaired) electrons. The van der Waals surface area contributed by atoms with Gasteiger partial charge in [0.15, 0.2) is 0 Å². The van der Waals surface area contributed by atoms with Crippen molar-refractivity contribution in [1.82, 2.24) is 0 Å². The zero-order valence-electron chi connectivity index (χ0n) is 13.3. The highest BCUT2D eigenvalue weighted by atomic mass is 19.4. The Bertz CT molecular complexity index is 800. The van der Waals surface area contributed by atoms with Gasteiger partial charge in [-0.25, -0.2) is 4.39 Å². The lowest BCUT2D eigenvalue weighted by Crippen LogP contribution is -2.33. The van der Waals surface area contributed by atoms with Gasteiger partial charge in [-0.3, -0.25) is 0 Å². The highest BCUT2D eigenvalue weighted by molar-refractivity contribution is 5.55. The summed E-state index contributed by atoms with van der Waals surface area (Å²) in [6.45, 7) is 1.07. The monoisotopic (exact) mass is 347 g/mol. The molecule has 3 rings (SSSR count). The van der Waals surface area contributed by atoms with Crippen molar-refractivity contribution in [1.29, 1.82) is 5.26 Å². The van der Waals surface area contributed by atoms with Crippen LogP contribution in [0.5, 0.6) is 0 Å². The topological polar surface area (TPSA) is 27.0 Å². The maximum atomic E-state index is 13.9. The number of hydrogen-bond acceptors (Lipinski definition) is 2.